The van der Waals surface area contributed by atoms with Gasteiger partial charge < -0.3 is 5.11 Å². The number of hydrogen-bond acceptors (Lipinski definition) is 1. The van der Waals surface area contributed by atoms with Gasteiger partial charge in [-0.1, -0.05) is 17.7 Å². The fourth-order valence-corrected chi connectivity index (χ4v) is 1.61. The first kappa shape index (κ1) is 10.0. The Bertz CT molecular complexity index is 249. The van der Waals surface area contributed by atoms with Gasteiger partial charge in [0.2, 0.25) is 0 Å². The van der Waals surface area contributed by atoms with Crippen molar-refractivity contribution in [3.8, 4) is 0 Å². The molecule has 0 bridgehead atoms. The molecule has 0 aromatic carbocycles. The third-order valence-corrected chi connectivity index (χ3v) is 2.43. The zero-order valence-electron chi connectivity index (χ0n) is 8.05. The molecule has 0 aliphatic heterocycles. The van der Waals surface area contributed by atoms with E-state index in [2.05, 4.69) is 6.08 Å². The first-order chi connectivity index (χ1) is 6.24. The van der Waals surface area contributed by atoms with Crippen molar-refractivity contribution in [1.82, 2.24) is 0 Å². The molecular weight excluding hydrogens is 164 g/mol. The number of carbonyl (C=O) groups is 1. The lowest BCUT2D eigenvalue weighted by molar-refractivity contribution is -0.132. The molecule has 0 heterocycles. The second-order valence-electron chi connectivity index (χ2n) is 3.40. The van der Waals surface area contributed by atoms with Crippen LogP contribution in [0.4, 0.5) is 0 Å². The Hall–Kier alpha value is -1.05. The molecular formula is C11H16O2. The lowest BCUT2D eigenvalue weighted by atomic mass is 9.94. The molecule has 0 aromatic heterocycles. The minimum Gasteiger partial charge on any atom is -0.478 e. The summed E-state index contributed by atoms with van der Waals surface area (Å²) in [5, 5.41) is 8.81. The number of aliphatic carboxylic acids is 1. The Labute approximate surface area is 79.0 Å². The van der Waals surface area contributed by atoms with Crippen LogP contribution in [0.1, 0.15) is 39.0 Å². The average Bonchev–Trinajstić information content (AvgIpc) is 2.15. The lowest BCUT2D eigenvalue weighted by Gasteiger charge is -2.12. The van der Waals surface area contributed by atoms with Crippen LogP contribution < -0.4 is 0 Å². The van der Waals surface area contributed by atoms with Gasteiger partial charge in [-0.05, 0) is 32.6 Å². The molecule has 0 unspecified atom stereocenters. The van der Waals surface area contributed by atoms with Gasteiger partial charge in [-0.25, -0.2) is 4.79 Å². The van der Waals surface area contributed by atoms with Gasteiger partial charge in [0.1, 0.15) is 0 Å². The fourth-order valence-electron chi connectivity index (χ4n) is 1.61. The first-order valence-electron chi connectivity index (χ1n) is 4.80. The topological polar surface area (TPSA) is 37.3 Å². The van der Waals surface area contributed by atoms with Crippen molar-refractivity contribution in [3.05, 3.63) is 23.3 Å². The molecule has 0 radical (unpaired) electrons. The summed E-state index contributed by atoms with van der Waals surface area (Å²) in [5.74, 6) is -0.783. The van der Waals surface area contributed by atoms with Crippen LogP contribution in [0.2, 0.25) is 0 Å². The molecule has 0 amide bonds. The molecule has 0 saturated heterocycles. The largest absolute Gasteiger partial charge is 0.478 e. The molecule has 1 rings (SSSR count). The fraction of sp³-hybridized carbons (Fsp3) is 0.545. The predicted molar refractivity (Wildman–Crippen MR) is 52.6 cm³/mol. The van der Waals surface area contributed by atoms with E-state index in [1.165, 1.54) is 18.4 Å². The van der Waals surface area contributed by atoms with Crippen molar-refractivity contribution >= 4 is 5.97 Å². The number of hydrogen-bond donors (Lipinski definition) is 1. The second kappa shape index (κ2) is 4.85. The van der Waals surface area contributed by atoms with Crippen LogP contribution in [0, 0.1) is 0 Å². The third kappa shape index (κ3) is 3.05. The molecule has 13 heavy (non-hydrogen) atoms. The third-order valence-electron chi connectivity index (χ3n) is 2.43. The number of carboxylic acids is 1. The summed E-state index contributed by atoms with van der Waals surface area (Å²) in [6, 6.07) is 0. The second-order valence-corrected chi connectivity index (χ2v) is 3.40. The van der Waals surface area contributed by atoms with Crippen LogP contribution in [0.3, 0.4) is 0 Å². The van der Waals surface area contributed by atoms with E-state index in [4.69, 9.17) is 5.11 Å². The monoisotopic (exact) mass is 180 g/mol. The molecule has 0 aromatic rings. The lowest BCUT2D eigenvalue weighted by Crippen LogP contribution is -2.03. The highest BCUT2D eigenvalue weighted by atomic mass is 16.4. The van der Waals surface area contributed by atoms with Gasteiger partial charge in [0.25, 0.3) is 0 Å². The Morgan fingerprint density at radius 3 is 2.85 bits per heavy atom. The molecule has 2 heteroatoms. The molecule has 0 atom stereocenters. The van der Waals surface area contributed by atoms with E-state index < -0.39 is 5.97 Å². The van der Waals surface area contributed by atoms with Gasteiger partial charge >= 0.3 is 5.97 Å². The van der Waals surface area contributed by atoms with E-state index in [1.807, 2.05) is 0 Å². The zero-order valence-corrected chi connectivity index (χ0v) is 8.05. The normalized spacial score (nSPS) is 18.2. The van der Waals surface area contributed by atoms with Crippen molar-refractivity contribution in [3.63, 3.8) is 0 Å². The van der Waals surface area contributed by atoms with Gasteiger partial charge in [0, 0.05) is 12.0 Å². The predicted octanol–water partition coefficient (Wildman–Crippen LogP) is 2.91. The molecule has 0 spiro atoms. The zero-order chi connectivity index (χ0) is 9.68. The minimum atomic E-state index is -0.783. The smallest absolute Gasteiger partial charge is 0.331 e. The highest BCUT2D eigenvalue weighted by Gasteiger charge is 2.10. The Kier molecular flexibility index (Phi) is 3.74. The summed E-state index contributed by atoms with van der Waals surface area (Å²) in [7, 11) is 0. The average molecular weight is 180 g/mol. The Morgan fingerprint density at radius 2 is 2.38 bits per heavy atom. The van der Waals surface area contributed by atoms with E-state index in [0.717, 1.165) is 12.8 Å². The van der Waals surface area contributed by atoms with E-state index in [1.54, 1.807) is 13.0 Å². The van der Waals surface area contributed by atoms with Crippen molar-refractivity contribution in [2.75, 3.05) is 0 Å². The van der Waals surface area contributed by atoms with Gasteiger partial charge in [-0.2, -0.15) is 0 Å². The van der Waals surface area contributed by atoms with E-state index in [-0.39, 0.29) is 0 Å². The summed E-state index contributed by atoms with van der Waals surface area (Å²) >= 11 is 0. The van der Waals surface area contributed by atoms with E-state index in [9.17, 15) is 4.79 Å². The quantitative estimate of drug-likeness (QED) is 0.535. The maximum absolute atomic E-state index is 10.7. The van der Waals surface area contributed by atoms with E-state index >= 15 is 0 Å². The van der Waals surface area contributed by atoms with Crippen LogP contribution >= 0.6 is 0 Å². The molecule has 1 aliphatic rings. The van der Waals surface area contributed by atoms with Crippen LogP contribution in [0.25, 0.3) is 0 Å². The molecule has 2 nitrogen and oxygen atoms in total. The van der Waals surface area contributed by atoms with Crippen molar-refractivity contribution in [1.29, 1.82) is 0 Å². The molecule has 72 valence electrons. The van der Waals surface area contributed by atoms with Crippen LogP contribution in [-0.4, -0.2) is 11.1 Å². The summed E-state index contributed by atoms with van der Waals surface area (Å²) in [5.41, 5.74) is 1.81. The van der Waals surface area contributed by atoms with Crippen LogP contribution in [-0.2, 0) is 4.79 Å². The highest BCUT2D eigenvalue weighted by Crippen LogP contribution is 2.23. The number of carboxylic acid groups (broad SMARTS) is 1. The van der Waals surface area contributed by atoms with Crippen LogP contribution in [0.15, 0.2) is 23.3 Å². The first-order valence-corrected chi connectivity index (χ1v) is 4.80. The van der Waals surface area contributed by atoms with Crippen LogP contribution in [0.5, 0.6) is 0 Å². The highest BCUT2D eigenvalue weighted by molar-refractivity contribution is 5.86. The standard InChI is InChI=1S/C11H16O2/c1-2-10(11(12)13)8-9-6-4-3-5-7-9/h2,6H,3-5,7-8H2,1H3,(H,12,13). The maximum Gasteiger partial charge on any atom is 0.331 e. The molecule has 1 aliphatic carbocycles. The van der Waals surface area contributed by atoms with Gasteiger partial charge in [0.15, 0.2) is 0 Å². The van der Waals surface area contributed by atoms with Crippen molar-refractivity contribution < 1.29 is 9.90 Å². The summed E-state index contributed by atoms with van der Waals surface area (Å²) in [6.07, 6.45) is 9.17. The Morgan fingerprint density at radius 1 is 1.62 bits per heavy atom. The van der Waals surface area contributed by atoms with Gasteiger partial charge in [-0.3, -0.25) is 0 Å². The number of allylic oxidation sites excluding steroid dienone is 3. The van der Waals surface area contributed by atoms with Gasteiger partial charge in [-0.15, -0.1) is 0 Å². The summed E-state index contributed by atoms with van der Waals surface area (Å²) in [4.78, 5) is 10.7. The molecule has 0 saturated carbocycles. The van der Waals surface area contributed by atoms with E-state index in [0.29, 0.717) is 12.0 Å². The number of rotatable bonds is 3. The minimum absolute atomic E-state index is 0.521. The Balaban J connectivity index is 2.56. The summed E-state index contributed by atoms with van der Waals surface area (Å²) < 4.78 is 0. The summed E-state index contributed by atoms with van der Waals surface area (Å²) in [6.45, 7) is 1.78. The van der Waals surface area contributed by atoms with Crippen molar-refractivity contribution in [2.45, 2.75) is 39.0 Å². The SMILES string of the molecule is CC=C(CC1=CCCCC1)C(=O)O. The maximum atomic E-state index is 10.7. The van der Waals surface area contributed by atoms with Crippen molar-refractivity contribution in [2.24, 2.45) is 0 Å². The molecule has 1 N–H and O–H groups in total. The van der Waals surface area contributed by atoms with Gasteiger partial charge in [0.05, 0.1) is 0 Å². The molecule has 0 fully saturated rings.